The Morgan fingerprint density at radius 1 is 1.50 bits per heavy atom. The summed E-state index contributed by atoms with van der Waals surface area (Å²) in [4.78, 5) is 13.1. The number of halogens is 1. The molecule has 4 heteroatoms. The predicted molar refractivity (Wildman–Crippen MR) is 56.9 cm³/mol. The predicted octanol–water partition coefficient (Wildman–Crippen LogP) is 2.18. The molecule has 1 heterocycles. The molecule has 0 aliphatic carbocycles. The first-order valence-corrected chi connectivity index (χ1v) is 4.88. The molecular weight excluding hydrogens is 200 g/mol. The summed E-state index contributed by atoms with van der Waals surface area (Å²) >= 11 is 5.84. The van der Waals surface area contributed by atoms with Gasteiger partial charge in [0.15, 0.2) is 0 Å². The van der Waals surface area contributed by atoms with Crippen LogP contribution in [0, 0.1) is 6.92 Å². The van der Waals surface area contributed by atoms with Crippen LogP contribution in [-0.4, -0.2) is 19.1 Å². The molecule has 1 aliphatic rings. The zero-order valence-corrected chi connectivity index (χ0v) is 8.64. The van der Waals surface area contributed by atoms with Gasteiger partial charge in [-0.15, -0.1) is 0 Å². The van der Waals surface area contributed by atoms with Crippen LogP contribution in [0.2, 0.25) is 5.02 Å². The number of carbonyl (C=O) groups is 1. The number of anilines is 1. The maximum Gasteiger partial charge on any atom is 0.322 e. The minimum absolute atomic E-state index is 0.0320. The summed E-state index contributed by atoms with van der Waals surface area (Å²) in [6.45, 7) is 3.38. The van der Waals surface area contributed by atoms with Crippen LogP contribution in [0.1, 0.15) is 5.56 Å². The molecule has 0 radical (unpaired) electrons. The van der Waals surface area contributed by atoms with Crippen LogP contribution in [0.4, 0.5) is 10.5 Å². The van der Waals surface area contributed by atoms with E-state index in [1.165, 1.54) is 0 Å². The fourth-order valence-electron chi connectivity index (χ4n) is 1.62. The Balaban J connectivity index is 2.36. The number of rotatable bonds is 1. The van der Waals surface area contributed by atoms with Crippen LogP contribution < -0.4 is 10.2 Å². The van der Waals surface area contributed by atoms with E-state index >= 15 is 0 Å². The van der Waals surface area contributed by atoms with E-state index in [9.17, 15) is 4.79 Å². The summed E-state index contributed by atoms with van der Waals surface area (Å²) in [6, 6.07) is 5.51. The molecule has 1 N–H and O–H groups in total. The van der Waals surface area contributed by atoms with Gasteiger partial charge in [-0.25, -0.2) is 4.79 Å². The van der Waals surface area contributed by atoms with Gasteiger partial charge in [-0.3, -0.25) is 4.90 Å². The van der Waals surface area contributed by atoms with E-state index < -0.39 is 0 Å². The Labute approximate surface area is 87.7 Å². The van der Waals surface area contributed by atoms with Crippen molar-refractivity contribution in [1.82, 2.24) is 5.32 Å². The van der Waals surface area contributed by atoms with Crippen molar-refractivity contribution in [2.45, 2.75) is 6.92 Å². The first-order chi connectivity index (χ1) is 6.68. The van der Waals surface area contributed by atoms with Crippen molar-refractivity contribution >= 4 is 23.3 Å². The van der Waals surface area contributed by atoms with Gasteiger partial charge in [-0.2, -0.15) is 0 Å². The van der Waals surface area contributed by atoms with Crippen molar-refractivity contribution in [2.75, 3.05) is 18.0 Å². The van der Waals surface area contributed by atoms with Gasteiger partial charge in [-0.05, 0) is 30.7 Å². The van der Waals surface area contributed by atoms with Gasteiger partial charge in [0.1, 0.15) is 0 Å². The smallest absolute Gasteiger partial charge is 0.322 e. The summed E-state index contributed by atoms with van der Waals surface area (Å²) in [7, 11) is 0. The monoisotopic (exact) mass is 210 g/mol. The first kappa shape index (κ1) is 9.34. The van der Waals surface area contributed by atoms with Crippen molar-refractivity contribution in [3.8, 4) is 0 Å². The molecule has 2 rings (SSSR count). The number of urea groups is 1. The summed E-state index contributed by atoms with van der Waals surface area (Å²) < 4.78 is 0. The number of amides is 2. The SMILES string of the molecule is Cc1cc(Cl)ccc1N1CCNC1=O. The number of benzene rings is 1. The quantitative estimate of drug-likeness (QED) is 0.757. The number of carbonyl (C=O) groups excluding carboxylic acids is 1. The third-order valence-corrected chi connectivity index (χ3v) is 2.54. The van der Waals surface area contributed by atoms with Crippen LogP contribution in [0.15, 0.2) is 18.2 Å². The fourth-order valence-corrected chi connectivity index (χ4v) is 1.85. The lowest BCUT2D eigenvalue weighted by Gasteiger charge is -2.16. The van der Waals surface area contributed by atoms with Gasteiger partial charge >= 0.3 is 6.03 Å². The normalized spacial score (nSPS) is 15.9. The van der Waals surface area contributed by atoms with Gasteiger partial charge < -0.3 is 5.32 Å². The second-order valence-corrected chi connectivity index (χ2v) is 3.75. The van der Waals surface area contributed by atoms with Gasteiger partial charge in [0.2, 0.25) is 0 Å². The second kappa shape index (κ2) is 3.50. The maximum absolute atomic E-state index is 11.4. The van der Waals surface area contributed by atoms with Crippen molar-refractivity contribution in [3.63, 3.8) is 0 Å². The van der Waals surface area contributed by atoms with Gasteiger partial charge in [0, 0.05) is 23.8 Å². The van der Waals surface area contributed by atoms with Crippen LogP contribution in [-0.2, 0) is 0 Å². The van der Waals surface area contributed by atoms with Gasteiger partial charge in [0.05, 0.1) is 0 Å². The van der Waals surface area contributed by atoms with Crippen LogP contribution in [0.5, 0.6) is 0 Å². The number of hydrogen-bond acceptors (Lipinski definition) is 1. The zero-order chi connectivity index (χ0) is 10.1. The number of aryl methyl sites for hydroxylation is 1. The highest BCUT2D eigenvalue weighted by atomic mass is 35.5. The molecule has 1 saturated heterocycles. The Kier molecular flexibility index (Phi) is 2.33. The molecule has 1 fully saturated rings. The molecule has 1 aliphatic heterocycles. The van der Waals surface area contributed by atoms with E-state index in [-0.39, 0.29) is 6.03 Å². The third kappa shape index (κ3) is 1.55. The van der Waals surface area contributed by atoms with E-state index in [0.717, 1.165) is 17.8 Å². The van der Waals surface area contributed by atoms with E-state index in [1.54, 1.807) is 11.0 Å². The molecule has 3 nitrogen and oxygen atoms in total. The largest absolute Gasteiger partial charge is 0.336 e. The molecule has 14 heavy (non-hydrogen) atoms. The third-order valence-electron chi connectivity index (χ3n) is 2.31. The lowest BCUT2D eigenvalue weighted by molar-refractivity contribution is 0.252. The van der Waals surface area contributed by atoms with Crippen molar-refractivity contribution in [3.05, 3.63) is 28.8 Å². The molecule has 0 unspecified atom stereocenters. The molecule has 2 amide bonds. The molecule has 74 valence electrons. The molecule has 1 aromatic rings. The number of nitrogens with zero attached hydrogens (tertiary/aromatic N) is 1. The first-order valence-electron chi connectivity index (χ1n) is 4.50. The highest BCUT2D eigenvalue weighted by molar-refractivity contribution is 6.30. The lowest BCUT2D eigenvalue weighted by Crippen LogP contribution is -2.28. The van der Waals surface area contributed by atoms with E-state index in [1.807, 2.05) is 19.1 Å². The average molecular weight is 211 g/mol. The molecule has 0 atom stereocenters. The molecule has 0 saturated carbocycles. The Hall–Kier alpha value is -1.22. The molecule has 1 aromatic carbocycles. The number of hydrogen-bond donors (Lipinski definition) is 1. The van der Waals surface area contributed by atoms with E-state index in [2.05, 4.69) is 5.32 Å². The summed E-state index contributed by atoms with van der Waals surface area (Å²) in [5.74, 6) is 0. The molecular formula is C10H11ClN2O. The highest BCUT2D eigenvalue weighted by Gasteiger charge is 2.22. The maximum atomic E-state index is 11.4. The number of nitrogens with one attached hydrogen (secondary N) is 1. The zero-order valence-electron chi connectivity index (χ0n) is 7.88. The van der Waals surface area contributed by atoms with E-state index in [4.69, 9.17) is 11.6 Å². The molecule has 0 spiro atoms. The minimum atomic E-state index is -0.0320. The summed E-state index contributed by atoms with van der Waals surface area (Å²) in [6.07, 6.45) is 0. The van der Waals surface area contributed by atoms with Gasteiger partial charge in [-0.1, -0.05) is 11.6 Å². The van der Waals surface area contributed by atoms with E-state index in [0.29, 0.717) is 11.6 Å². The van der Waals surface area contributed by atoms with Crippen molar-refractivity contribution < 1.29 is 4.79 Å². The molecule has 0 bridgehead atoms. The van der Waals surface area contributed by atoms with Crippen LogP contribution >= 0.6 is 11.6 Å². The average Bonchev–Trinajstić information content (AvgIpc) is 2.52. The van der Waals surface area contributed by atoms with Crippen molar-refractivity contribution in [1.29, 1.82) is 0 Å². The summed E-state index contributed by atoms with van der Waals surface area (Å²) in [5, 5.41) is 3.46. The Bertz CT molecular complexity index is 378. The van der Waals surface area contributed by atoms with Crippen molar-refractivity contribution in [2.24, 2.45) is 0 Å². The topological polar surface area (TPSA) is 32.3 Å². The Morgan fingerprint density at radius 2 is 2.29 bits per heavy atom. The van der Waals surface area contributed by atoms with Crippen LogP contribution in [0.25, 0.3) is 0 Å². The minimum Gasteiger partial charge on any atom is -0.336 e. The highest BCUT2D eigenvalue weighted by Crippen LogP contribution is 2.24. The van der Waals surface area contributed by atoms with Crippen LogP contribution in [0.3, 0.4) is 0 Å². The standard InChI is InChI=1S/C10H11ClN2O/c1-7-6-8(11)2-3-9(7)13-5-4-12-10(13)14/h2-3,6H,4-5H2,1H3,(H,12,14). The second-order valence-electron chi connectivity index (χ2n) is 3.31. The fraction of sp³-hybridized carbons (Fsp3) is 0.300. The Morgan fingerprint density at radius 3 is 2.86 bits per heavy atom. The van der Waals surface area contributed by atoms with Gasteiger partial charge in [0.25, 0.3) is 0 Å². The molecule has 0 aromatic heterocycles. The summed E-state index contributed by atoms with van der Waals surface area (Å²) in [5.41, 5.74) is 1.96. The lowest BCUT2D eigenvalue weighted by atomic mass is 10.2.